The summed E-state index contributed by atoms with van der Waals surface area (Å²) in [7, 11) is 0. The third kappa shape index (κ3) is 2.53. The number of amides is 2. The molecule has 0 aromatic heterocycles. The van der Waals surface area contributed by atoms with Gasteiger partial charge in [-0.2, -0.15) is 0 Å². The highest BCUT2D eigenvalue weighted by atomic mass is 16.4. The van der Waals surface area contributed by atoms with E-state index in [2.05, 4.69) is 5.32 Å². The van der Waals surface area contributed by atoms with Crippen molar-refractivity contribution in [1.29, 1.82) is 0 Å². The maximum atomic E-state index is 12.0. The molecular weight excluding hydrogens is 220 g/mol. The summed E-state index contributed by atoms with van der Waals surface area (Å²) in [6.45, 7) is 2.37. The first-order valence-electron chi connectivity index (χ1n) is 6.39. The zero-order chi connectivity index (χ0) is 12.4. The SMILES string of the molecule is CC1C(C(=O)O)CCN1C(=O)NC1CCCC1. The second-order valence-corrected chi connectivity index (χ2v) is 5.10. The van der Waals surface area contributed by atoms with Gasteiger partial charge in [-0.3, -0.25) is 4.79 Å². The number of rotatable bonds is 2. The summed E-state index contributed by atoms with van der Waals surface area (Å²) in [6, 6.07) is 0.000584. The van der Waals surface area contributed by atoms with E-state index >= 15 is 0 Å². The second kappa shape index (κ2) is 4.94. The van der Waals surface area contributed by atoms with Crippen LogP contribution in [0.5, 0.6) is 0 Å². The lowest BCUT2D eigenvalue weighted by molar-refractivity contribution is -0.142. The summed E-state index contributed by atoms with van der Waals surface area (Å²) in [4.78, 5) is 24.6. The lowest BCUT2D eigenvalue weighted by Gasteiger charge is -2.25. The molecule has 0 spiro atoms. The molecule has 1 heterocycles. The molecular formula is C12H20N2O3. The fourth-order valence-electron chi connectivity index (χ4n) is 2.88. The molecule has 0 bridgehead atoms. The van der Waals surface area contributed by atoms with Crippen LogP contribution in [-0.4, -0.2) is 40.6 Å². The molecule has 96 valence electrons. The molecule has 0 radical (unpaired) electrons. The largest absolute Gasteiger partial charge is 0.481 e. The van der Waals surface area contributed by atoms with Gasteiger partial charge in [0.15, 0.2) is 0 Å². The van der Waals surface area contributed by atoms with Crippen molar-refractivity contribution >= 4 is 12.0 Å². The van der Waals surface area contributed by atoms with Gasteiger partial charge in [-0.15, -0.1) is 0 Å². The van der Waals surface area contributed by atoms with E-state index < -0.39 is 11.9 Å². The van der Waals surface area contributed by atoms with Gasteiger partial charge in [-0.1, -0.05) is 12.8 Å². The summed E-state index contributed by atoms with van der Waals surface area (Å²) in [5.74, 6) is -1.21. The van der Waals surface area contributed by atoms with Crippen molar-refractivity contribution < 1.29 is 14.7 Å². The zero-order valence-corrected chi connectivity index (χ0v) is 10.2. The van der Waals surface area contributed by atoms with E-state index in [1.54, 1.807) is 4.90 Å². The fraction of sp³-hybridized carbons (Fsp3) is 0.833. The minimum Gasteiger partial charge on any atom is -0.481 e. The fourth-order valence-corrected chi connectivity index (χ4v) is 2.88. The smallest absolute Gasteiger partial charge is 0.317 e. The van der Waals surface area contributed by atoms with E-state index in [0.29, 0.717) is 19.0 Å². The van der Waals surface area contributed by atoms with Gasteiger partial charge in [-0.05, 0) is 26.2 Å². The topological polar surface area (TPSA) is 69.6 Å². The third-order valence-electron chi connectivity index (χ3n) is 4.02. The Balaban J connectivity index is 1.89. The number of hydrogen-bond acceptors (Lipinski definition) is 2. The van der Waals surface area contributed by atoms with E-state index in [-0.39, 0.29) is 12.1 Å². The minimum absolute atomic E-state index is 0.0897. The van der Waals surface area contributed by atoms with Crippen LogP contribution < -0.4 is 5.32 Å². The summed E-state index contributed by atoms with van der Waals surface area (Å²) in [6.07, 6.45) is 5.03. The predicted octanol–water partition coefficient (Wildman–Crippen LogP) is 1.43. The number of likely N-dealkylation sites (tertiary alicyclic amines) is 1. The minimum atomic E-state index is -0.798. The molecule has 1 aliphatic carbocycles. The summed E-state index contributed by atoms with van der Waals surface area (Å²) < 4.78 is 0. The standard InChI is InChI=1S/C12H20N2O3/c1-8-10(11(15)16)6-7-14(8)12(17)13-9-4-2-3-5-9/h8-10H,2-7H2,1H3,(H,13,17)(H,15,16). The molecule has 1 saturated carbocycles. The molecule has 1 saturated heterocycles. The molecule has 2 fully saturated rings. The van der Waals surface area contributed by atoms with E-state index in [1.807, 2.05) is 6.92 Å². The average Bonchev–Trinajstić information content (AvgIpc) is 2.86. The van der Waals surface area contributed by atoms with E-state index in [1.165, 1.54) is 12.8 Å². The molecule has 2 amide bonds. The van der Waals surface area contributed by atoms with Crippen LogP contribution in [0.15, 0.2) is 0 Å². The van der Waals surface area contributed by atoms with Crippen LogP contribution in [0.4, 0.5) is 4.79 Å². The molecule has 2 atom stereocenters. The predicted molar refractivity (Wildman–Crippen MR) is 62.7 cm³/mol. The number of carbonyl (C=O) groups excluding carboxylic acids is 1. The molecule has 0 aromatic rings. The Kier molecular flexibility index (Phi) is 3.54. The number of aliphatic carboxylic acids is 1. The quantitative estimate of drug-likeness (QED) is 0.767. The third-order valence-corrected chi connectivity index (χ3v) is 4.02. The normalized spacial score (nSPS) is 29.6. The molecule has 1 aliphatic heterocycles. The van der Waals surface area contributed by atoms with Gasteiger partial charge in [0.1, 0.15) is 0 Å². The Morgan fingerprint density at radius 2 is 1.88 bits per heavy atom. The van der Waals surface area contributed by atoms with Crippen molar-refractivity contribution in [2.75, 3.05) is 6.54 Å². The monoisotopic (exact) mass is 240 g/mol. The Labute approximate surface area is 101 Å². The second-order valence-electron chi connectivity index (χ2n) is 5.10. The van der Waals surface area contributed by atoms with Gasteiger partial charge in [0.05, 0.1) is 5.92 Å². The van der Waals surface area contributed by atoms with E-state index in [9.17, 15) is 9.59 Å². The van der Waals surface area contributed by atoms with E-state index in [4.69, 9.17) is 5.11 Å². The molecule has 2 rings (SSSR count). The number of carbonyl (C=O) groups is 2. The maximum Gasteiger partial charge on any atom is 0.317 e. The number of carboxylic acid groups (broad SMARTS) is 1. The van der Waals surface area contributed by atoms with Crippen LogP contribution >= 0.6 is 0 Å². The van der Waals surface area contributed by atoms with Crippen LogP contribution in [0.1, 0.15) is 39.0 Å². The lowest BCUT2D eigenvalue weighted by Crippen LogP contribution is -2.46. The Hall–Kier alpha value is -1.26. The summed E-state index contributed by atoms with van der Waals surface area (Å²) in [5, 5.41) is 12.0. The molecule has 2 N–H and O–H groups in total. The number of carboxylic acids is 1. The van der Waals surface area contributed by atoms with Gasteiger partial charge in [-0.25, -0.2) is 4.79 Å². The van der Waals surface area contributed by atoms with Crippen LogP contribution in [0.2, 0.25) is 0 Å². The maximum absolute atomic E-state index is 12.0. The molecule has 17 heavy (non-hydrogen) atoms. The van der Waals surface area contributed by atoms with Crippen LogP contribution in [-0.2, 0) is 4.79 Å². The Bertz CT molecular complexity index is 313. The summed E-state index contributed by atoms with van der Waals surface area (Å²) >= 11 is 0. The van der Waals surface area contributed by atoms with Gasteiger partial charge >= 0.3 is 12.0 Å². The average molecular weight is 240 g/mol. The van der Waals surface area contributed by atoms with Gasteiger partial charge in [0, 0.05) is 18.6 Å². The first-order valence-corrected chi connectivity index (χ1v) is 6.39. The first kappa shape index (κ1) is 12.2. The van der Waals surface area contributed by atoms with Crippen molar-refractivity contribution in [3.05, 3.63) is 0 Å². The zero-order valence-electron chi connectivity index (χ0n) is 10.2. The van der Waals surface area contributed by atoms with Crippen LogP contribution in [0.25, 0.3) is 0 Å². The Morgan fingerprint density at radius 3 is 2.41 bits per heavy atom. The highest BCUT2D eigenvalue weighted by Crippen LogP contribution is 2.25. The number of nitrogens with one attached hydrogen (secondary N) is 1. The van der Waals surface area contributed by atoms with Crippen LogP contribution in [0.3, 0.4) is 0 Å². The summed E-state index contributed by atoms with van der Waals surface area (Å²) in [5.41, 5.74) is 0. The van der Waals surface area contributed by atoms with E-state index in [0.717, 1.165) is 12.8 Å². The van der Waals surface area contributed by atoms with Crippen molar-refractivity contribution in [3.63, 3.8) is 0 Å². The van der Waals surface area contributed by atoms with Gasteiger partial charge in [0.2, 0.25) is 0 Å². The molecule has 2 aliphatic rings. The number of nitrogens with zero attached hydrogens (tertiary/aromatic N) is 1. The highest BCUT2D eigenvalue weighted by Gasteiger charge is 2.38. The number of hydrogen-bond donors (Lipinski definition) is 2. The molecule has 5 nitrogen and oxygen atoms in total. The van der Waals surface area contributed by atoms with Crippen molar-refractivity contribution in [1.82, 2.24) is 10.2 Å². The van der Waals surface area contributed by atoms with Crippen molar-refractivity contribution in [3.8, 4) is 0 Å². The van der Waals surface area contributed by atoms with Gasteiger partial charge in [0.25, 0.3) is 0 Å². The molecule has 0 aromatic carbocycles. The van der Waals surface area contributed by atoms with Gasteiger partial charge < -0.3 is 15.3 Å². The van der Waals surface area contributed by atoms with Crippen molar-refractivity contribution in [2.24, 2.45) is 5.92 Å². The first-order chi connectivity index (χ1) is 8.09. The lowest BCUT2D eigenvalue weighted by atomic mass is 10.0. The molecule has 5 heteroatoms. The Morgan fingerprint density at radius 1 is 1.24 bits per heavy atom. The number of urea groups is 1. The van der Waals surface area contributed by atoms with Crippen molar-refractivity contribution in [2.45, 2.75) is 51.1 Å². The molecule has 2 unspecified atom stereocenters. The highest BCUT2D eigenvalue weighted by molar-refractivity contribution is 5.78. The van der Waals surface area contributed by atoms with Crippen LogP contribution in [0, 0.1) is 5.92 Å².